The van der Waals surface area contributed by atoms with Crippen molar-refractivity contribution in [1.29, 1.82) is 0 Å². The summed E-state index contributed by atoms with van der Waals surface area (Å²) < 4.78 is 0. The van der Waals surface area contributed by atoms with Crippen LogP contribution in [0.25, 0.3) is 0 Å². The maximum Gasteiger partial charge on any atom is 0.337 e. The molecule has 0 aliphatic carbocycles. The molecule has 0 heterocycles. The van der Waals surface area contributed by atoms with E-state index in [4.69, 9.17) is 0 Å². The number of hydrogen-bond donors (Lipinski definition) is 2. The summed E-state index contributed by atoms with van der Waals surface area (Å²) in [6, 6.07) is 5.18. The minimum absolute atomic E-state index is 0.242. The normalized spacial score (nSPS) is 13.5. The van der Waals surface area contributed by atoms with Crippen molar-refractivity contribution < 1.29 is 15.0 Å². The first-order valence-electron chi connectivity index (χ1n) is 7.78. The van der Waals surface area contributed by atoms with Crippen LogP contribution in [0.5, 0.6) is 0 Å². The van der Waals surface area contributed by atoms with Gasteiger partial charge in [0, 0.05) is 6.21 Å². The van der Waals surface area contributed by atoms with Gasteiger partial charge in [-0.3, -0.25) is 4.99 Å². The highest BCUT2D eigenvalue weighted by Gasteiger charge is 2.13. The van der Waals surface area contributed by atoms with Gasteiger partial charge >= 0.3 is 5.97 Å². The molecule has 0 spiro atoms. The lowest BCUT2D eigenvalue weighted by molar-refractivity contribution is 0.0669. The van der Waals surface area contributed by atoms with E-state index in [1.54, 1.807) is 12.1 Å². The maximum atomic E-state index is 11.2. The fraction of sp³-hybridized carbons (Fsp3) is 0.556. The summed E-state index contributed by atoms with van der Waals surface area (Å²) in [7, 11) is 0. The van der Waals surface area contributed by atoms with Gasteiger partial charge in [-0.25, -0.2) is 4.79 Å². The number of benzene rings is 1. The third kappa shape index (κ3) is 6.39. The van der Waals surface area contributed by atoms with Crippen LogP contribution in [-0.4, -0.2) is 28.0 Å². The van der Waals surface area contributed by atoms with Crippen molar-refractivity contribution in [2.24, 2.45) is 10.9 Å². The van der Waals surface area contributed by atoms with Crippen molar-refractivity contribution >= 4 is 17.9 Å². The van der Waals surface area contributed by atoms with E-state index < -0.39 is 11.6 Å². The number of aryl methyl sites for hydroxylation is 1. The number of hydrogen-bond acceptors (Lipinski definition) is 3. The number of nitrogens with zero attached hydrogens (tertiary/aromatic N) is 1. The third-order valence-corrected chi connectivity index (χ3v) is 3.68. The van der Waals surface area contributed by atoms with Crippen LogP contribution in [0.1, 0.15) is 62.4 Å². The highest BCUT2D eigenvalue weighted by Crippen LogP contribution is 2.24. The fourth-order valence-electron chi connectivity index (χ4n) is 2.33. The number of carboxylic acid groups (broad SMARTS) is 1. The molecular formula is C18H27NO3. The Morgan fingerprint density at radius 1 is 1.41 bits per heavy atom. The van der Waals surface area contributed by atoms with Gasteiger partial charge in [0.1, 0.15) is 0 Å². The van der Waals surface area contributed by atoms with E-state index >= 15 is 0 Å². The molecule has 0 saturated heterocycles. The smallest absolute Gasteiger partial charge is 0.337 e. The second-order valence-corrected chi connectivity index (χ2v) is 6.63. The maximum absolute atomic E-state index is 11.2. The molecule has 4 heteroatoms. The van der Waals surface area contributed by atoms with Crippen LogP contribution in [-0.2, 0) is 0 Å². The second-order valence-electron chi connectivity index (χ2n) is 6.63. The Labute approximate surface area is 132 Å². The van der Waals surface area contributed by atoms with Crippen molar-refractivity contribution in [1.82, 2.24) is 0 Å². The van der Waals surface area contributed by atoms with Gasteiger partial charge < -0.3 is 10.2 Å². The van der Waals surface area contributed by atoms with E-state index in [0.717, 1.165) is 31.2 Å². The van der Waals surface area contributed by atoms with Crippen molar-refractivity contribution in [3.8, 4) is 0 Å². The monoisotopic (exact) mass is 305 g/mol. The standard InChI is InChI=1S/C18H27NO3/c1-13(7-6-11-18(3,4)22)10-12-19-16-14(2)8-5-9-15(16)17(20)21/h5,8-9,12-13,22H,6-7,10-11H2,1-4H3,(H,20,21). The SMILES string of the molecule is Cc1cccc(C(=O)O)c1N=CCC(C)CCCC(C)(C)O. The van der Waals surface area contributed by atoms with E-state index in [1.807, 2.05) is 33.1 Å². The molecule has 4 nitrogen and oxygen atoms in total. The highest BCUT2D eigenvalue weighted by molar-refractivity contribution is 5.94. The molecule has 1 atom stereocenters. The molecule has 0 aromatic heterocycles. The van der Waals surface area contributed by atoms with Crippen LogP contribution in [0.4, 0.5) is 5.69 Å². The summed E-state index contributed by atoms with van der Waals surface area (Å²) in [6.45, 7) is 7.66. The molecule has 1 rings (SSSR count). The van der Waals surface area contributed by atoms with Crippen LogP contribution in [0.15, 0.2) is 23.2 Å². The lowest BCUT2D eigenvalue weighted by atomic mass is 9.95. The summed E-state index contributed by atoms with van der Waals surface area (Å²) in [4.78, 5) is 15.6. The number of para-hydroxylation sites is 1. The summed E-state index contributed by atoms with van der Waals surface area (Å²) >= 11 is 0. The Hall–Kier alpha value is -1.68. The molecule has 2 N–H and O–H groups in total. The van der Waals surface area contributed by atoms with Crippen LogP contribution in [0, 0.1) is 12.8 Å². The molecule has 1 unspecified atom stereocenters. The van der Waals surface area contributed by atoms with Crippen LogP contribution < -0.4 is 0 Å². The number of aliphatic hydroxyl groups is 1. The summed E-state index contributed by atoms with van der Waals surface area (Å²) in [5.74, 6) is -0.488. The Balaban J connectivity index is 2.57. The lowest BCUT2D eigenvalue weighted by Gasteiger charge is -2.17. The highest BCUT2D eigenvalue weighted by atomic mass is 16.4. The Bertz CT molecular complexity index is 530. The summed E-state index contributed by atoms with van der Waals surface area (Å²) in [5.41, 5.74) is 1.04. The topological polar surface area (TPSA) is 69.9 Å². The summed E-state index contributed by atoms with van der Waals surface area (Å²) in [6.07, 6.45) is 5.40. The first-order valence-corrected chi connectivity index (χ1v) is 7.78. The van der Waals surface area contributed by atoms with Crippen LogP contribution in [0.2, 0.25) is 0 Å². The van der Waals surface area contributed by atoms with Gasteiger partial charge in [0.25, 0.3) is 0 Å². The number of aromatic carboxylic acids is 1. The predicted octanol–water partition coefficient (Wildman–Crippen LogP) is 4.36. The molecule has 0 saturated carbocycles. The molecule has 0 amide bonds. The van der Waals surface area contributed by atoms with E-state index in [2.05, 4.69) is 11.9 Å². The van der Waals surface area contributed by atoms with Gasteiger partial charge in [-0.15, -0.1) is 0 Å². The molecule has 0 radical (unpaired) electrons. The van der Waals surface area contributed by atoms with Gasteiger partial charge in [0.15, 0.2) is 0 Å². The minimum Gasteiger partial charge on any atom is -0.478 e. The lowest BCUT2D eigenvalue weighted by Crippen LogP contribution is -2.18. The van der Waals surface area contributed by atoms with Gasteiger partial charge in [-0.05, 0) is 51.2 Å². The Morgan fingerprint density at radius 2 is 2.09 bits per heavy atom. The van der Waals surface area contributed by atoms with Gasteiger partial charge in [0.05, 0.1) is 16.9 Å². The first-order chi connectivity index (χ1) is 10.2. The van der Waals surface area contributed by atoms with Crippen molar-refractivity contribution in [2.75, 3.05) is 0 Å². The average Bonchev–Trinajstić information content (AvgIpc) is 2.38. The van der Waals surface area contributed by atoms with E-state index in [9.17, 15) is 15.0 Å². The number of carbonyl (C=O) groups is 1. The van der Waals surface area contributed by atoms with Gasteiger partial charge in [0.2, 0.25) is 0 Å². The van der Waals surface area contributed by atoms with Crippen molar-refractivity contribution in [3.05, 3.63) is 29.3 Å². The van der Waals surface area contributed by atoms with Crippen molar-refractivity contribution in [2.45, 2.75) is 59.0 Å². The van der Waals surface area contributed by atoms with E-state index in [-0.39, 0.29) is 5.56 Å². The largest absolute Gasteiger partial charge is 0.478 e. The van der Waals surface area contributed by atoms with Gasteiger partial charge in [-0.1, -0.05) is 31.9 Å². The van der Waals surface area contributed by atoms with E-state index in [1.165, 1.54) is 0 Å². The molecule has 0 fully saturated rings. The second kappa shape index (κ2) is 8.08. The average molecular weight is 305 g/mol. The number of carboxylic acids is 1. The van der Waals surface area contributed by atoms with Crippen LogP contribution in [0.3, 0.4) is 0 Å². The Morgan fingerprint density at radius 3 is 2.68 bits per heavy atom. The zero-order valence-electron chi connectivity index (χ0n) is 14.0. The zero-order chi connectivity index (χ0) is 16.8. The molecule has 0 aliphatic rings. The zero-order valence-corrected chi connectivity index (χ0v) is 14.0. The van der Waals surface area contributed by atoms with Crippen LogP contribution >= 0.6 is 0 Å². The first kappa shape index (κ1) is 18.4. The molecule has 0 aliphatic heterocycles. The van der Waals surface area contributed by atoms with E-state index in [0.29, 0.717) is 11.6 Å². The quantitative estimate of drug-likeness (QED) is 0.701. The molecule has 22 heavy (non-hydrogen) atoms. The van der Waals surface area contributed by atoms with Gasteiger partial charge in [-0.2, -0.15) is 0 Å². The molecular weight excluding hydrogens is 278 g/mol. The summed E-state index contributed by atoms with van der Waals surface area (Å²) in [5, 5.41) is 18.9. The third-order valence-electron chi connectivity index (χ3n) is 3.68. The number of rotatable bonds is 8. The molecule has 0 bridgehead atoms. The Kier molecular flexibility index (Phi) is 6.75. The fourth-order valence-corrected chi connectivity index (χ4v) is 2.33. The molecule has 122 valence electrons. The molecule has 1 aromatic carbocycles. The number of aliphatic imine (C=N–C) groups is 1. The van der Waals surface area contributed by atoms with Crippen molar-refractivity contribution in [3.63, 3.8) is 0 Å². The predicted molar refractivity (Wildman–Crippen MR) is 90.2 cm³/mol. The minimum atomic E-state index is -0.950. The molecule has 1 aromatic rings.